The van der Waals surface area contributed by atoms with Crippen LogP contribution in [0.5, 0.6) is 0 Å². The van der Waals surface area contributed by atoms with Crippen LogP contribution in [0.3, 0.4) is 0 Å². The zero-order valence-corrected chi connectivity index (χ0v) is 14.5. The average Bonchev–Trinajstić information content (AvgIpc) is 2.98. The van der Waals surface area contributed by atoms with Crippen molar-refractivity contribution >= 4 is 17.5 Å². The summed E-state index contributed by atoms with van der Waals surface area (Å²) in [6.07, 6.45) is 2.25. The third kappa shape index (κ3) is 2.88. The Hall–Kier alpha value is -2.80. The Labute approximate surface area is 154 Å². The number of halogens is 2. The van der Waals surface area contributed by atoms with Gasteiger partial charge in [0.2, 0.25) is 5.91 Å². The summed E-state index contributed by atoms with van der Waals surface area (Å²) < 4.78 is 27.7. The van der Waals surface area contributed by atoms with Gasteiger partial charge < -0.3 is 4.90 Å². The first-order chi connectivity index (χ1) is 12.9. The summed E-state index contributed by atoms with van der Waals surface area (Å²) in [5.74, 6) is -1.96. The van der Waals surface area contributed by atoms with Crippen LogP contribution in [0, 0.1) is 17.0 Å². The fourth-order valence-corrected chi connectivity index (χ4v) is 4.20. The van der Waals surface area contributed by atoms with Crippen LogP contribution in [0.4, 0.5) is 14.5 Å². The van der Waals surface area contributed by atoms with Crippen LogP contribution in [-0.4, -0.2) is 23.6 Å². The molecule has 7 heteroatoms. The molecule has 2 aromatic carbocycles. The number of hydrogen-bond donors (Lipinski definition) is 2. The third-order valence-corrected chi connectivity index (χ3v) is 5.68. The van der Waals surface area contributed by atoms with Crippen molar-refractivity contribution < 1.29 is 23.6 Å². The van der Waals surface area contributed by atoms with Gasteiger partial charge in [-0.2, -0.15) is 0 Å². The molecule has 1 spiro atoms. The number of anilines is 1. The quantitative estimate of drug-likeness (QED) is 0.629. The van der Waals surface area contributed by atoms with E-state index in [9.17, 15) is 18.4 Å². The summed E-state index contributed by atoms with van der Waals surface area (Å²) in [5, 5.41) is 8.77. The SMILES string of the molecule is O=C(NO)c1ccc2c(c1)CC[C@]1(CCN(c3cc(F)ccc3F)C1=O)C2. The first-order valence-electron chi connectivity index (χ1n) is 8.77. The van der Waals surface area contributed by atoms with Crippen LogP contribution >= 0.6 is 0 Å². The van der Waals surface area contributed by atoms with Crippen molar-refractivity contribution in [2.45, 2.75) is 25.7 Å². The first-order valence-corrected chi connectivity index (χ1v) is 8.77. The standard InChI is InChI=1S/C20H18F2N2O3/c21-15-3-4-16(22)17(10-15)24-8-7-20(19(24)26)6-5-12-9-13(18(25)23-27)1-2-14(12)11-20/h1-4,9-10,27H,5-8,11H2,(H,23,25)/t20-/m0/s1. The second kappa shape index (κ2) is 6.42. The van der Waals surface area contributed by atoms with Crippen molar-refractivity contribution in [3.05, 3.63) is 64.7 Å². The predicted molar refractivity (Wildman–Crippen MR) is 93.5 cm³/mol. The highest BCUT2D eigenvalue weighted by Gasteiger charge is 2.49. The Balaban J connectivity index is 1.62. The second-order valence-corrected chi connectivity index (χ2v) is 7.18. The van der Waals surface area contributed by atoms with Crippen LogP contribution in [0.25, 0.3) is 0 Å². The van der Waals surface area contributed by atoms with Crippen LogP contribution < -0.4 is 10.4 Å². The van der Waals surface area contributed by atoms with E-state index in [0.717, 1.165) is 29.3 Å². The van der Waals surface area contributed by atoms with E-state index in [0.29, 0.717) is 37.8 Å². The number of hydrogen-bond acceptors (Lipinski definition) is 3. The highest BCUT2D eigenvalue weighted by Crippen LogP contribution is 2.45. The lowest BCUT2D eigenvalue weighted by atomic mass is 9.70. The zero-order chi connectivity index (χ0) is 19.2. The van der Waals surface area contributed by atoms with Crippen LogP contribution in [0.2, 0.25) is 0 Å². The molecule has 4 rings (SSSR count). The van der Waals surface area contributed by atoms with E-state index in [1.807, 2.05) is 0 Å². The maximum absolute atomic E-state index is 14.1. The van der Waals surface area contributed by atoms with E-state index < -0.39 is 23.0 Å². The molecule has 1 heterocycles. The summed E-state index contributed by atoms with van der Waals surface area (Å²) in [5.41, 5.74) is 3.24. The van der Waals surface area contributed by atoms with Gasteiger partial charge in [-0.1, -0.05) is 6.07 Å². The number of benzene rings is 2. The number of rotatable bonds is 2. The number of nitrogens with one attached hydrogen (secondary N) is 1. The summed E-state index contributed by atoms with van der Waals surface area (Å²) in [6, 6.07) is 8.24. The second-order valence-electron chi connectivity index (χ2n) is 7.18. The minimum absolute atomic E-state index is 0.0161. The van der Waals surface area contributed by atoms with E-state index in [1.165, 1.54) is 4.90 Å². The highest BCUT2D eigenvalue weighted by atomic mass is 19.1. The van der Waals surface area contributed by atoms with Gasteiger partial charge in [0.15, 0.2) is 0 Å². The highest BCUT2D eigenvalue weighted by molar-refractivity contribution is 6.00. The Kier molecular flexibility index (Phi) is 4.19. The van der Waals surface area contributed by atoms with Crippen LogP contribution in [0.15, 0.2) is 36.4 Å². The topological polar surface area (TPSA) is 69.6 Å². The Morgan fingerprint density at radius 1 is 1.11 bits per heavy atom. The molecule has 140 valence electrons. The van der Waals surface area contributed by atoms with Gasteiger partial charge in [-0.05, 0) is 61.1 Å². The third-order valence-electron chi connectivity index (χ3n) is 5.68. The number of fused-ring (bicyclic) bond motifs is 1. The normalized spacial score (nSPS) is 21.4. The maximum atomic E-state index is 14.1. The molecule has 1 fully saturated rings. The number of aryl methyl sites for hydroxylation is 1. The average molecular weight is 372 g/mol. The van der Waals surface area contributed by atoms with Gasteiger partial charge in [0.25, 0.3) is 5.91 Å². The van der Waals surface area contributed by atoms with Crippen molar-refractivity contribution in [2.24, 2.45) is 5.41 Å². The number of amides is 2. The molecule has 0 saturated carbocycles. The molecule has 1 atom stereocenters. The summed E-state index contributed by atoms with van der Waals surface area (Å²) in [6.45, 7) is 0.347. The number of nitrogens with zero attached hydrogens (tertiary/aromatic N) is 1. The molecule has 1 aliphatic heterocycles. The summed E-state index contributed by atoms with van der Waals surface area (Å²) in [7, 11) is 0. The van der Waals surface area contributed by atoms with E-state index in [-0.39, 0.29) is 11.6 Å². The molecule has 0 radical (unpaired) electrons. The smallest absolute Gasteiger partial charge is 0.274 e. The molecule has 2 amide bonds. The largest absolute Gasteiger partial charge is 0.309 e. The van der Waals surface area contributed by atoms with Crippen LogP contribution in [-0.2, 0) is 17.6 Å². The van der Waals surface area contributed by atoms with E-state index in [1.54, 1.807) is 23.7 Å². The van der Waals surface area contributed by atoms with Crippen molar-refractivity contribution in [2.75, 3.05) is 11.4 Å². The monoisotopic (exact) mass is 372 g/mol. The van der Waals surface area contributed by atoms with Gasteiger partial charge in [-0.3, -0.25) is 14.8 Å². The molecule has 0 aromatic heterocycles. The van der Waals surface area contributed by atoms with Gasteiger partial charge in [0.05, 0.1) is 11.1 Å². The van der Waals surface area contributed by atoms with Gasteiger partial charge in [-0.15, -0.1) is 0 Å². The predicted octanol–water partition coefficient (Wildman–Crippen LogP) is 3.00. The van der Waals surface area contributed by atoms with E-state index >= 15 is 0 Å². The van der Waals surface area contributed by atoms with Gasteiger partial charge in [0.1, 0.15) is 11.6 Å². The number of carbonyl (C=O) groups is 2. The van der Waals surface area contributed by atoms with Gasteiger partial charge in [0, 0.05) is 18.2 Å². The van der Waals surface area contributed by atoms with E-state index in [4.69, 9.17) is 5.21 Å². The fourth-order valence-electron chi connectivity index (χ4n) is 4.20. The lowest BCUT2D eigenvalue weighted by molar-refractivity contribution is -0.126. The van der Waals surface area contributed by atoms with Gasteiger partial charge >= 0.3 is 0 Å². The molecule has 0 unspecified atom stereocenters. The van der Waals surface area contributed by atoms with Gasteiger partial charge in [-0.25, -0.2) is 14.3 Å². The molecular formula is C20H18F2N2O3. The van der Waals surface area contributed by atoms with Crippen molar-refractivity contribution in [1.29, 1.82) is 0 Å². The molecule has 5 nitrogen and oxygen atoms in total. The van der Waals surface area contributed by atoms with E-state index in [2.05, 4.69) is 0 Å². The summed E-state index contributed by atoms with van der Waals surface area (Å²) in [4.78, 5) is 26.0. The molecular weight excluding hydrogens is 354 g/mol. The molecule has 27 heavy (non-hydrogen) atoms. The summed E-state index contributed by atoms with van der Waals surface area (Å²) >= 11 is 0. The number of carbonyl (C=O) groups excluding carboxylic acids is 2. The zero-order valence-electron chi connectivity index (χ0n) is 14.5. The minimum atomic E-state index is -0.632. The van der Waals surface area contributed by atoms with Crippen molar-refractivity contribution in [3.63, 3.8) is 0 Å². The Morgan fingerprint density at radius 2 is 1.93 bits per heavy atom. The molecule has 2 N–H and O–H groups in total. The molecule has 2 aromatic rings. The molecule has 1 aliphatic carbocycles. The first kappa shape index (κ1) is 17.6. The lowest BCUT2D eigenvalue weighted by Gasteiger charge is -2.33. The minimum Gasteiger partial charge on any atom is -0.309 e. The van der Waals surface area contributed by atoms with Crippen LogP contribution in [0.1, 0.15) is 34.3 Å². The Bertz CT molecular complexity index is 947. The lowest BCUT2D eigenvalue weighted by Crippen LogP contribution is -2.39. The number of hydroxylamine groups is 1. The Morgan fingerprint density at radius 3 is 2.70 bits per heavy atom. The molecule has 2 aliphatic rings. The van der Waals surface area contributed by atoms with Crippen molar-refractivity contribution in [1.82, 2.24) is 5.48 Å². The molecule has 1 saturated heterocycles. The maximum Gasteiger partial charge on any atom is 0.274 e. The fraction of sp³-hybridized carbons (Fsp3) is 0.300. The van der Waals surface area contributed by atoms with Crippen molar-refractivity contribution in [3.8, 4) is 0 Å². The molecule has 0 bridgehead atoms.